The van der Waals surface area contributed by atoms with Crippen molar-refractivity contribution in [1.29, 1.82) is 0 Å². The predicted molar refractivity (Wildman–Crippen MR) is 68.9 cm³/mol. The molecule has 0 fully saturated rings. The van der Waals surface area contributed by atoms with Crippen molar-refractivity contribution in [3.8, 4) is 0 Å². The highest BCUT2D eigenvalue weighted by molar-refractivity contribution is 6.33. The van der Waals surface area contributed by atoms with Gasteiger partial charge in [0.2, 0.25) is 5.95 Å². The van der Waals surface area contributed by atoms with Gasteiger partial charge in [0, 0.05) is 12.1 Å². The topological polar surface area (TPSA) is 102 Å². The molecule has 6 nitrogen and oxygen atoms in total. The zero-order valence-corrected chi connectivity index (χ0v) is 10.2. The molecule has 0 atom stereocenters. The van der Waals surface area contributed by atoms with Gasteiger partial charge in [-0.05, 0) is 6.07 Å². The molecule has 2 rings (SSSR count). The fourth-order valence-corrected chi connectivity index (χ4v) is 1.64. The fraction of sp³-hybridized carbons (Fsp3) is 0. The average molecular weight is 287 g/mol. The number of hydrazine groups is 1. The molecule has 0 aliphatic carbocycles. The van der Waals surface area contributed by atoms with E-state index in [2.05, 4.69) is 20.7 Å². The Morgan fingerprint density at radius 3 is 2.42 bits per heavy atom. The SMILES string of the molecule is NNc1cc(Nc2c(F)cc(F)cc2Cl)nc(N)n1. The number of hydrogen-bond donors (Lipinski definition) is 4. The molecule has 0 bridgehead atoms. The maximum absolute atomic E-state index is 13.6. The van der Waals surface area contributed by atoms with Gasteiger partial charge >= 0.3 is 0 Å². The van der Waals surface area contributed by atoms with Gasteiger partial charge < -0.3 is 16.5 Å². The second-order valence-electron chi connectivity index (χ2n) is 3.51. The summed E-state index contributed by atoms with van der Waals surface area (Å²) < 4.78 is 26.5. The maximum Gasteiger partial charge on any atom is 0.223 e. The highest BCUT2D eigenvalue weighted by atomic mass is 35.5. The Bertz CT molecular complexity index is 598. The van der Waals surface area contributed by atoms with Gasteiger partial charge in [0.05, 0.1) is 10.7 Å². The van der Waals surface area contributed by atoms with Gasteiger partial charge in [0.25, 0.3) is 0 Å². The van der Waals surface area contributed by atoms with Gasteiger partial charge in [-0.1, -0.05) is 11.6 Å². The van der Waals surface area contributed by atoms with E-state index < -0.39 is 11.6 Å². The fourth-order valence-electron chi connectivity index (χ4n) is 1.39. The summed E-state index contributed by atoms with van der Waals surface area (Å²) in [4.78, 5) is 7.58. The van der Waals surface area contributed by atoms with E-state index >= 15 is 0 Å². The molecule has 0 spiro atoms. The van der Waals surface area contributed by atoms with Crippen LogP contribution in [-0.4, -0.2) is 9.97 Å². The summed E-state index contributed by atoms with van der Waals surface area (Å²) in [7, 11) is 0. The number of benzene rings is 1. The molecule has 9 heteroatoms. The smallest absolute Gasteiger partial charge is 0.223 e. The van der Waals surface area contributed by atoms with Crippen molar-refractivity contribution in [1.82, 2.24) is 9.97 Å². The van der Waals surface area contributed by atoms with E-state index in [1.54, 1.807) is 0 Å². The molecule has 0 unspecified atom stereocenters. The van der Waals surface area contributed by atoms with E-state index in [-0.39, 0.29) is 28.3 Å². The Morgan fingerprint density at radius 1 is 1.11 bits per heavy atom. The number of nitrogens with one attached hydrogen (secondary N) is 2. The molecule has 19 heavy (non-hydrogen) atoms. The Hall–Kier alpha value is -2.19. The van der Waals surface area contributed by atoms with Gasteiger partial charge in [-0.15, -0.1) is 0 Å². The Labute approximate surface area is 111 Å². The van der Waals surface area contributed by atoms with Crippen LogP contribution < -0.4 is 22.3 Å². The second kappa shape index (κ2) is 5.21. The van der Waals surface area contributed by atoms with Crippen molar-refractivity contribution in [2.75, 3.05) is 16.5 Å². The van der Waals surface area contributed by atoms with Crippen molar-refractivity contribution < 1.29 is 8.78 Å². The van der Waals surface area contributed by atoms with Crippen LogP contribution in [0.2, 0.25) is 5.02 Å². The average Bonchev–Trinajstić information content (AvgIpc) is 2.33. The van der Waals surface area contributed by atoms with E-state index in [0.29, 0.717) is 6.07 Å². The summed E-state index contributed by atoms with van der Waals surface area (Å²) in [6, 6.07) is 3.05. The molecular weight excluding hydrogens is 278 g/mol. The highest BCUT2D eigenvalue weighted by Crippen LogP contribution is 2.29. The van der Waals surface area contributed by atoms with E-state index in [1.807, 2.05) is 0 Å². The third-order valence-electron chi connectivity index (χ3n) is 2.15. The molecule has 2 aromatic rings. The zero-order valence-electron chi connectivity index (χ0n) is 9.42. The number of nitrogens with two attached hydrogens (primary N) is 2. The van der Waals surface area contributed by atoms with Gasteiger partial charge in [0.15, 0.2) is 5.82 Å². The number of halogens is 3. The van der Waals surface area contributed by atoms with E-state index in [4.69, 9.17) is 23.2 Å². The van der Waals surface area contributed by atoms with Crippen LogP contribution in [-0.2, 0) is 0 Å². The summed E-state index contributed by atoms with van der Waals surface area (Å²) >= 11 is 5.74. The van der Waals surface area contributed by atoms with Crippen LogP contribution in [0.5, 0.6) is 0 Å². The highest BCUT2D eigenvalue weighted by Gasteiger charge is 2.11. The van der Waals surface area contributed by atoms with Crippen molar-refractivity contribution in [2.24, 2.45) is 5.84 Å². The number of nitrogens with zero attached hydrogens (tertiary/aromatic N) is 2. The van der Waals surface area contributed by atoms with Crippen molar-refractivity contribution in [3.63, 3.8) is 0 Å². The van der Waals surface area contributed by atoms with Crippen LogP contribution in [0.1, 0.15) is 0 Å². The first-order chi connectivity index (χ1) is 8.99. The van der Waals surface area contributed by atoms with E-state index in [0.717, 1.165) is 6.07 Å². The van der Waals surface area contributed by atoms with Crippen LogP contribution >= 0.6 is 11.6 Å². The molecular formula is C10H9ClF2N6. The lowest BCUT2D eigenvalue weighted by atomic mass is 10.3. The van der Waals surface area contributed by atoms with Gasteiger partial charge in [0.1, 0.15) is 17.5 Å². The predicted octanol–water partition coefficient (Wildman–Crippen LogP) is 2.02. The summed E-state index contributed by atoms with van der Waals surface area (Å²) in [6.07, 6.45) is 0. The van der Waals surface area contributed by atoms with Crippen LogP contribution in [0.25, 0.3) is 0 Å². The molecule has 0 saturated heterocycles. The molecule has 0 aliphatic heterocycles. The van der Waals surface area contributed by atoms with Crippen LogP contribution in [0.15, 0.2) is 18.2 Å². The lowest BCUT2D eigenvalue weighted by Gasteiger charge is -2.10. The summed E-state index contributed by atoms with van der Waals surface area (Å²) in [5.41, 5.74) is 7.60. The van der Waals surface area contributed by atoms with E-state index in [1.165, 1.54) is 6.07 Å². The number of rotatable bonds is 3. The molecule has 1 aromatic carbocycles. The first-order valence-electron chi connectivity index (χ1n) is 5.02. The zero-order chi connectivity index (χ0) is 14.0. The standard InChI is InChI=1S/C10H9ClF2N6/c11-5-1-4(12)2-6(13)9(5)16-7-3-8(19-15)18-10(14)17-7/h1-3H,15H2,(H4,14,16,17,18,19). The molecule has 1 heterocycles. The first kappa shape index (κ1) is 13.2. The van der Waals surface area contributed by atoms with Gasteiger partial charge in [-0.25, -0.2) is 14.6 Å². The van der Waals surface area contributed by atoms with Crippen LogP contribution in [0, 0.1) is 11.6 Å². The Morgan fingerprint density at radius 2 is 1.79 bits per heavy atom. The molecule has 100 valence electrons. The number of anilines is 4. The molecule has 0 aliphatic rings. The quantitative estimate of drug-likeness (QED) is 0.508. The minimum Gasteiger partial charge on any atom is -0.368 e. The maximum atomic E-state index is 13.6. The summed E-state index contributed by atoms with van der Waals surface area (Å²) in [5, 5.41) is 2.46. The molecule has 0 amide bonds. The summed E-state index contributed by atoms with van der Waals surface area (Å²) in [6.45, 7) is 0. The van der Waals surface area contributed by atoms with Crippen LogP contribution in [0.3, 0.4) is 0 Å². The minimum absolute atomic E-state index is 0.0726. The Kier molecular flexibility index (Phi) is 3.63. The van der Waals surface area contributed by atoms with E-state index in [9.17, 15) is 8.78 Å². The lowest BCUT2D eigenvalue weighted by molar-refractivity contribution is 0.586. The van der Waals surface area contributed by atoms with Crippen molar-refractivity contribution >= 4 is 34.9 Å². The minimum atomic E-state index is -0.857. The summed E-state index contributed by atoms with van der Waals surface area (Å²) in [5.74, 6) is 3.87. The van der Waals surface area contributed by atoms with Gasteiger partial charge in [-0.2, -0.15) is 9.97 Å². The van der Waals surface area contributed by atoms with Crippen molar-refractivity contribution in [2.45, 2.75) is 0 Å². The largest absolute Gasteiger partial charge is 0.368 e. The van der Waals surface area contributed by atoms with Crippen molar-refractivity contribution in [3.05, 3.63) is 34.9 Å². The van der Waals surface area contributed by atoms with Gasteiger partial charge in [-0.3, -0.25) is 0 Å². The second-order valence-corrected chi connectivity index (χ2v) is 3.92. The number of nitrogen functional groups attached to an aromatic ring is 2. The van der Waals surface area contributed by atoms with Crippen LogP contribution in [0.4, 0.5) is 32.1 Å². The Balaban J connectivity index is 2.39. The molecule has 6 N–H and O–H groups in total. The molecule has 0 radical (unpaired) electrons. The third-order valence-corrected chi connectivity index (χ3v) is 2.45. The number of aromatic nitrogens is 2. The third kappa shape index (κ3) is 2.98. The molecule has 1 aromatic heterocycles. The molecule has 0 saturated carbocycles. The first-order valence-corrected chi connectivity index (χ1v) is 5.40. The lowest BCUT2D eigenvalue weighted by Crippen LogP contribution is -2.11. The monoisotopic (exact) mass is 286 g/mol. The number of hydrogen-bond acceptors (Lipinski definition) is 6. The normalized spacial score (nSPS) is 10.3.